The van der Waals surface area contributed by atoms with Crippen molar-refractivity contribution in [1.29, 1.82) is 0 Å². The molecule has 0 aliphatic carbocycles. The van der Waals surface area contributed by atoms with Crippen LogP contribution in [0.4, 0.5) is 0 Å². The monoisotopic (exact) mass is 417 g/mol. The SMILES string of the molecule is C=CCCC(=O)N1[C@@H](c2ccco2)[C@@H](C(=O)NC)C[C@]12CCCCN(CCO)C2=O. The molecule has 1 aromatic rings. The maximum Gasteiger partial charge on any atom is 0.248 e. The molecule has 164 valence electrons. The second-order valence-electron chi connectivity index (χ2n) is 7.98. The Balaban J connectivity index is 2.13. The fraction of sp³-hybridized carbons (Fsp3) is 0.591. The molecule has 2 aliphatic heterocycles. The molecule has 0 unspecified atom stereocenters. The number of hydrogen-bond acceptors (Lipinski definition) is 5. The molecule has 1 aromatic heterocycles. The molecule has 0 radical (unpaired) electrons. The highest BCUT2D eigenvalue weighted by Crippen LogP contribution is 2.51. The number of likely N-dealkylation sites (tertiary alicyclic amines) is 2. The zero-order chi connectivity index (χ0) is 21.7. The van der Waals surface area contributed by atoms with E-state index in [-0.39, 0.29) is 43.7 Å². The van der Waals surface area contributed by atoms with Crippen molar-refractivity contribution in [3.63, 3.8) is 0 Å². The third-order valence-electron chi connectivity index (χ3n) is 6.25. The molecule has 3 amide bonds. The van der Waals surface area contributed by atoms with Crippen LogP contribution in [0, 0.1) is 5.92 Å². The largest absolute Gasteiger partial charge is 0.467 e. The first kappa shape index (κ1) is 22.1. The Labute approximate surface area is 176 Å². The first-order chi connectivity index (χ1) is 14.5. The van der Waals surface area contributed by atoms with E-state index in [1.165, 1.54) is 6.26 Å². The number of hydrogen-bond donors (Lipinski definition) is 2. The molecule has 3 heterocycles. The first-order valence-electron chi connectivity index (χ1n) is 10.6. The van der Waals surface area contributed by atoms with Gasteiger partial charge in [-0.05, 0) is 44.2 Å². The lowest BCUT2D eigenvalue weighted by molar-refractivity contribution is -0.154. The second kappa shape index (κ2) is 9.47. The summed E-state index contributed by atoms with van der Waals surface area (Å²) >= 11 is 0. The molecule has 8 nitrogen and oxygen atoms in total. The zero-order valence-corrected chi connectivity index (χ0v) is 17.5. The van der Waals surface area contributed by atoms with Crippen LogP contribution < -0.4 is 5.32 Å². The van der Waals surface area contributed by atoms with Gasteiger partial charge in [-0.15, -0.1) is 6.58 Å². The number of amides is 3. The van der Waals surface area contributed by atoms with E-state index < -0.39 is 17.5 Å². The number of β-amino-alcohol motifs (C(OH)–C–C–N with tert-alkyl or cyclic N) is 1. The summed E-state index contributed by atoms with van der Waals surface area (Å²) in [5, 5.41) is 12.2. The normalized spacial score (nSPS) is 26.7. The minimum absolute atomic E-state index is 0.146. The van der Waals surface area contributed by atoms with Gasteiger partial charge in [0, 0.05) is 26.6 Å². The minimum atomic E-state index is -1.13. The van der Waals surface area contributed by atoms with Crippen molar-refractivity contribution in [2.24, 2.45) is 5.92 Å². The Bertz CT molecular complexity index is 778. The van der Waals surface area contributed by atoms with Gasteiger partial charge < -0.3 is 24.6 Å². The number of furan rings is 1. The Kier molecular flexibility index (Phi) is 6.97. The third-order valence-corrected chi connectivity index (χ3v) is 6.25. The van der Waals surface area contributed by atoms with Crippen LogP contribution in [0.1, 0.15) is 50.3 Å². The predicted molar refractivity (Wildman–Crippen MR) is 110 cm³/mol. The summed E-state index contributed by atoms with van der Waals surface area (Å²) in [5.74, 6) is -0.712. The van der Waals surface area contributed by atoms with Gasteiger partial charge in [0.25, 0.3) is 0 Å². The van der Waals surface area contributed by atoms with E-state index in [2.05, 4.69) is 11.9 Å². The molecular formula is C22H31N3O5. The maximum atomic E-state index is 13.8. The summed E-state index contributed by atoms with van der Waals surface area (Å²) in [7, 11) is 1.56. The van der Waals surface area contributed by atoms with E-state index >= 15 is 0 Å². The molecule has 0 aromatic carbocycles. The molecule has 3 rings (SSSR count). The Morgan fingerprint density at radius 1 is 1.43 bits per heavy atom. The molecule has 30 heavy (non-hydrogen) atoms. The van der Waals surface area contributed by atoms with Crippen molar-refractivity contribution in [2.75, 3.05) is 26.7 Å². The van der Waals surface area contributed by atoms with Crippen molar-refractivity contribution in [1.82, 2.24) is 15.1 Å². The molecule has 2 aliphatic rings. The van der Waals surface area contributed by atoms with Gasteiger partial charge >= 0.3 is 0 Å². The molecule has 2 N–H and O–H groups in total. The Morgan fingerprint density at radius 3 is 2.87 bits per heavy atom. The molecule has 2 fully saturated rings. The molecule has 0 bridgehead atoms. The smallest absolute Gasteiger partial charge is 0.248 e. The quantitative estimate of drug-likeness (QED) is 0.657. The molecule has 3 atom stereocenters. The van der Waals surface area contributed by atoms with E-state index in [0.29, 0.717) is 25.1 Å². The minimum Gasteiger partial charge on any atom is -0.467 e. The van der Waals surface area contributed by atoms with E-state index in [1.807, 2.05) is 0 Å². The number of carbonyl (C=O) groups is 3. The number of aliphatic hydroxyl groups is 1. The van der Waals surface area contributed by atoms with Crippen LogP contribution >= 0.6 is 0 Å². The molecule has 1 spiro atoms. The fourth-order valence-electron chi connectivity index (χ4n) is 4.94. The first-order valence-corrected chi connectivity index (χ1v) is 10.6. The number of nitrogens with zero attached hydrogens (tertiary/aromatic N) is 2. The van der Waals surface area contributed by atoms with Gasteiger partial charge in [0.15, 0.2) is 0 Å². The Morgan fingerprint density at radius 2 is 2.23 bits per heavy atom. The summed E-state index contributed by atoms with van der Waals surface area (Å²) in [4.78, 5) is 43.3. The van der Waals surface area contributed by atoms with E-state index in [9.17, 15) is 19.5 Å². The summed E-state index contributed by atoms with van der Waals surface area (Å²) in [6, 6.07) is 2.82. The van der Waals surface area contributed by atoms with Gasteiger partial charge in [0.2, 0.25) is 17.7 Å². The van der Waals surface area contributed by atoms with E-state index in [1.54, 1.807) is 35.1 Å². The highest BCUT2D eigenvalue weighted by Gasteiger charge is 2.61. The zero-order valence-electron chi connectivity index (χ0n) is 17.5. The number of rotatable bonds is 7. The Hall–Kier alpha value is -2.61. The van der Waals surface area contributed by atoms with Gasteiger partial charge in [-0.25, -0.2) is 0 Å². The van der Waals surface area contributed by atoms with Gasteiger partial charge in [0.05, 0.1) is 18.8 Å². The maximum absolute atomic E-state index is 13.8. The van der Waals surface area contributed by atoms with Gasteiger partial charge in [-0.3, -0.25) is 14.4 Å². The van der Waals surface area contributed by atoms with Crippen LogP contribution in [0.25, 0.3) is 0 Å². The van der Waals surface area contributed by atoms with Crippen molar-refractivity contribution in [2.45, 2.75) is 50.1 Å². The predicted octanol–water partition coefficient (Wildman–Crippen LogP) is 1.62. The van der Waals surface area contributed by atoms with Gasteiger partial charge in [0.1, 0.15) is 17.3 Å². The average Bonchev–Trinajstić information content (AvgIpc) is 3.36. The molecule has 0 saturated carbocycles. The number of aliphatic hydroxyl groups excluding tert-OH is 1. The number of carbonyl (C=O) groups excluding carboxylic acids is 3. The van der Waals surface area contributed by atoms with Crippen LogP contribution in [-0.4, -0.2) is 64.9 Å². The lowest BCUT2D eigenvalue weighted by Crippen LogP contribution is -2.58. The summed E-state index contributed by atoms with van der Waals surface area (Å²) in [5.41, 5.74) is -1.13. The molecule has 2 saturated heterocycles. The summed E-state index contributed by atoms with van der Waals surface area (Å²) in [6.07, 6.45) is 6.14. The van der Waals surface area contributed by atoms with Crippen LogP contribution in [0.2, 0.25) is 0 Å². The van der Waals surface area contributed by atoms with E-state index in [0.717, 1.165) is 12.8 Å². The van der Waals surface area contributed by atoms with Crippen LogP contribution in [0.5, 0.6) is 0 Å². The highest BCUT2D eigenvalue weighted by molar-refractivity contribution is 5.95. The standard InChI is InChI=1S/C22H31N3O5/c1-3-4-9-18(27)25-19(17-8-7-14-30-17)16(20(28)23-2)15-22(25)10-5-6-11-24(12-13-26)21(22)29/h3,7-8,14,16,19,26H,1,4-6,9-13,15H2,2H3,(H,23,28)/t16-,19+,22-/m0/s1. The van der Waals surface area contributed by atoms with Crippen LogP contribution in [0.15, 0.2) is 35.5 Å². The topological polar surface area (TPSA) is 103 Å². The average molecular weight is 418 g/mol. The third kappa shape index (κ3) is 3.88. The number of nitrogens with one attached hydrogen (secondary N) is 1. The summed E-state index contributed by atoms with van der Waals surface area (Å²) < 4.78 is 5.64. The lowest BCUT2D eigenvalue weighted by Gasteiger charge is -2.41. The second-order valence-corrected chi connectivity index (χ2v) is 7.98. The van der Waals surface area contributed by atoms with Crippen molar-refractivity contribution >= 4 is 17.7 Å². The summed E-state index contributed by atoms with van der Waals surface area (Å²) in [6.45, 7) is 4.30. The molecule has 8 heteroatoms. The van der Waals surface area contributed by atoms with Gasteiger partial charge in [-0.1, -0.05) is 6.08 Å². The van der Waals surface area contributed by atoms with Crippen LogP contribution in [-0.2, 0) is 14.4 Å². The number of allylic oxidation sites excluding steroid dienone is 1. The van der Waals surface area contributed by atoms with Crippen LogP contribution in [0.3, 0.4) is 0 Å². The van der Waals surface area contributed by atoms with Crippen molar-refractivity contribution in [3.05, 3.63) is 36.8 Å². The molecular weight excluding hydrogens is 386 g/mol. The fourth-order valence-corrected chi connectivity index (χ4v) is 4.94. The van der Waals surface area contributed by atoms with Crippen molar-refractivity contribution in [3.8, 4) is 0 Å². The lowest BCUT2D eigenvalue weighted by atomic mass is 9.85. The van der Waals surface area contributed by atoms with Gasteiger partial charge in [-0.2, -0.15) is 0 Å². The highest BCUT2D eigenvalue weighted by atomic mass is 16.3. The van der Waals surface area contributed by atoms with E-state index in [4.69, 9.17) is 4.42 Å². The van der Waals surface area contributed by atoms with Crippen molar-refractivity contribution < 1.29 is 23.9 Å².